The molecule has 6 heteroatoms. The Balaban J connectivity index is 1.50. The molecule has 128 valence electrons. The molecular weight excluding hydrogens is 302 g/mol. The van der Waals surface area contributed by atoms with Gasteiger partial charge in [-0.2, -0.15) is 0 Å². The van der Waals surface area contributed by atoms with Gasteiger partial charge >= 0.3 is 0 Å². The third-order valence-electron chi connectivity index (χ3n) is 4.21. The van der Waals surface area contributed by atoms with Crippen LogP contribution in [0.15, 0.2) is 41.5 Å². The molecule has 0 unspecified atom stereocenters. The highest BCUT2D eigenvalue weighted by Crippen LogP contribution is 2.15. The van der Waals surface area contributed by atoms with Crippen molar-refractivity contribution in [2.24, 2.45) is 4.99 Å². The van der Waals surface area contributed by atoms with Crippen molar-refractivity contribution in [2.45, 2.75) is 6.54 Å². The number of hydrogen-bond acceptors (Lipinski definition) is 4. The van der Waals surface area contributed by atoms with Crippen LogP contribution in [0.3, 0.4) is 0 Å². The summed E-state index contributed by atoms with van der Waals surface area (Å²) in [6.07, 6.45) is 1.83. The molecule has 1 aliphatic rings. The number of ether oxygens (including phenoxy) is 1. The second-order valence-electron chi connectivity index (χ2n) is 5.80. The zero-order valence-corrected chi connectivity index (χ0v) is 14.2. The van der Waals surface area contributed by atoms with Crippen LogP contribution < -0.4 is 10.6 Å². The minimum atomic E-state index is 0.700. The number of pyridine rings is 1. The number of rotatable bonds is 5. The highest BCUT2D eigenvalue weighted by atomic mass is 16.5. The lowest BCUT2D eigenvalue weighted by Crippen LogP contribution is -2.44. The molecule has 2 N–H and O–H groups in total. The summed E-state index contributed by atoms with van der Waals surface area (Å²) in [5.41, 5.74) is 2.21. The summed E-state index contributed by atoms with van der Waals surface area (Å²) in [5, 5.41) is 7.90. The van der Waals surface area contributed by atoms with Crippen molar-refractivity contribution in [1.29, 1.82) is 0 Å². The summed E-state index contributed by atoms with van der Waals surface area (Å²) < 4.78 is 5.37. The lowest BCUT2D eigenvalue weighted by Gasteiger charge is -2.26. The summed E-state index contributed by atoms with van der Waals surface area (Å²) in [6, 6.07) is 10.3. The maximum absolute atomic E-state index is 5.37. The average Bonchev–Trinajstić information content (AvgIpc) is 2.65. The molecule has 24 heavy (non-hydrogen) atoms. The predicted molar refractivity (Wildman–Crippen MR) is 97.2 cm³/mol. The molecule has 0 saturated carbocycles. The van der Waals surface area contributed by atoms with Crippen LogP contribution in [0.1, 0.15) is 5.56 Å². The van der Waals surface area contributed by atoms with Gasteiger partial charge in [0.1, 0.15) is 0 Å². The normalized spacial score (nSPS) is 16.3. The summed E-state index contributed by atoms with van der Waals surface area (Å²) in [6.45, 7) is 6.26. The molecule has 0 radical (unpaired) electrons. The molecule has 1 fully saturated rings. The number of nitrogens with zero attached hydrogens (tertiary/aromatic N) is 3. The molecular formula is C18H25N5O. The van der Waals surface area contributed by atoms with Crippen molar-refractivity contribution >= 4 is 16.9 Å². The SMILES string of the molecule is CN=C(NCCN1CCOCC1)NCc1cccc2cccnc12. The molecule has 0 aliphatic carbocycles. The zero-order valence-electron chi connectivity index (χ0n) is 14.2. The first kappa shape index (κ1) is 16.7. The maximum Gasteiger partial charge on any atom is 0.191 e. The average molecular weight is 327 g/mol. The van der Waals surface area contributed by atoms with E-state index >= 15 is 0 Å². The highest BCUT2D eigenvalue weighted by molar-refractivity contribution is 5.83. The third kappa shape index (κ3) is 4.43. The van der Waals surface area contributed by atoms with Crippen LogP contribution >= 0.6 is 0 Å². The Morgan fingerprint density at radius 3 is 2.88 bits per heavy atom. The van der Waals surface area contributed by atoms with Gasteiger partial charge < -0.3 is 15.4 Å². The topological polar surface area (TPSA) is 61.8 Å². The number of fused-ring (bicyclic) bond motifs is 1. The van der Waals surface area contributed by atoms with Gasteiger partial charge in [0, 0.05) is 51.4 Å². The molecule has 2 heterocycles. The van der Waals surface area contributed by atoms with E-state index in [0.717, 1.165) is 56.3 Å². The predicted octanol–water partition coefficient (Wildman–Crippen LogP) is 1.23. The smallest absolute Gasteiger partial charge is 0.191 e. The number of benzene rings is 1. The van der Waals surface area contributed by atoms with Crippen molar-refractivity contribution in [3.8, 4) is 0 Å². The van der Waals surface area contributed by atoms with E-state index in [-0.39, 0.29) is 0 Å². The van der Waals surface area contributed by atoms with Gasteiger partial charge in [0.15, 0.2) is 5.96 Å². The van der Waals surface area contributed by atoms with Crippen LogP contribution in [0.2, 0.25) is 0 Å². The van der Waals surface area contributed by atoms with E-state index in [0.29, 0.717) is 6.54 Å². The number of hydrogen-bond donors (Lipinski definition) is 2. The molecule has 1 aromatic carbocycles. The number of aromatic nitrogens is 1. The number of nitrogens with one attached hydrogen (secondary N) is 2. The molecule has 1 aromatic heterocycles. The summed E-state index contributed by atoms with van der Waals surface area (Å²) >= 11 is 0. The van der Waals surface area contributed by atoms with E-state index < -0.39 is 0 Å². The molecule has 0 spiro atoms. The van der Waals surface area contributed by atoms with Crippen molar-refractivity contribution in [3.63, 3.8) is 0 Å². The second-order valence-corrected chi connectivity index (χ2v) is 5.80. The summed E-state index contributed by atoms with van der Waals surface area (Å²) in [4.78, 5) is 11.2. The largest absolute Gasteiger partial charge is 0.379 e. The maximum atomic E-state index is 5.37. The molecule has 6 nitrogen and oxygen atoms in total. The fourth-order valence-electron chi connectivity index (χ4n) is 2.87. The van der Waals surface area contributed by atoms with E-state index in [1.807, 2.05) is 12.3 Å². The molecule has 2 aromatic rings. The minimum Gasteiger partial charge on any atom is -0.379 e. The van der Waals surface area contributed by atoms with Crippen molar-refractivity contribution in [2.75, 3.05) is 46.4 Å². The number of guanidine groups is 1. The zero-order chi connectivity index (χ0) is 16.6. The first-order valence-corrected chi connectivity index (χ1v) is 8.44. The van der Waals surface area contributed by atoms with Gasteiger partial charge in [0.05, 0.1) is 18.7 Å². The molecule has 1 saturated heterocycles. The number of morpholine rings is 1. The van der Waals surface area contributed by atoms with E-state index in [9.17, 15) is 0 Å². The Kier molecular flexibility index (Phi) is 5.98. The molecule has 1 aliphatic heterocycles. The summed E-state index contributed by atoms with van der Waals surface area (Å²) in [7, 11) is 1.80. The molecule has 0 amide bonds. The lowest BCUT2D eigenvalue weighted by atomic mass is 10.1. The first-order valence-electron chi connectivity index (χ1n) is 8.44. The van der Waals surface area contributed by atoms with Crippen LogP contribution in [-0.2, 0) is 11.3 Å². The Morgan fingerprint density at radius 2 is 2.04 bits per heavy atom. The first-order chi connectivity index (χ1) is 11.9. The van der Waals surface area contributed by atoms with Gasteiger partial charge in [-0.05, 0) is 11.6 Å². The Morgan fingerprint density at radius 1 is 1.21 bits per heavy atom. The number of aliphatic imine (C=N–C) groups is 1. The minimum absolute atomic E-state index is 0.700. The standard InChI is InChI=1S/C18H25N5O/c1-19-18(21-8-9-23-10-12-24-13-11-23)22-14-16-5-2-4-15-6-3-7-20-17(15)16/h2-7H,8-14H2,1H3,(H2,19,21,22). The fourth-order valence-corrected chi connectivity index (χ4v) is 2.87. The van der Waals surface area contributed by atoms with Crippen LogP contribution in [0.5, 0.6) is 0 Å². The van der Waals surface area contributed by atoms with Crippen LogP contribution in [0.4, 0.5) is 0 Å². The Bertz CT molecular complexity index is 677. The number of para-hydroxylation sites is 1. The van der Waals surface area contributed by atoms with Gasteiger partial charge in [-0.3, -0.25) is 14.9 Å². The molecule has 3 rings (SSSR count). The van der Waals surface area contributed by atoms with Gasteiger partial charge in [-0.1, -0.05) is 24.3 Å². The third-order valence-corrected chi connectivity index (χ3v) is 4.21. The van der Waals surface area contributed by atoms with Crippen molar-refractivity contribution in [3.05, 3.63) is 42.1 Å². The molecule has 0 bridgehead atoms. The van der Waals surface area contributed by atoms with E-state index in [4.69, 9.17) is 4.74 Å². The Hall–Kier alpha value is -2.18. The van der Waals surface area contributed by atoms with E-state index in [1.54, 1.807) is 7.05 Å². The van der Waals surface area contributed by atoms with Crippen LogP contribution in [0, 0.1) is 0 Å². The van der Waals surface area contributed by atoms with Crippen molar-refractivity contribution < 1.29 is 4.74 Å². The fraction of sp³-hybridized carbons (Fsp3) is 0.444. The second kappa shape index (κ2) is 8.61. The quantitative estimate of drug-likeness (QED) is 0.639. The monoisotopic (exact) mass is 327 g/mol. The highest BCUT2D eigenvalue weighted by Gasteiger charge is 2.09. The summed E-state index contributed by atoms with van der Waals surface area (Å²) in [5.74, 6) is 0.816. The lowest BCUT2D eigenvalue weighted by molar-refractivity contribution is 0.0389. The van der Waals surface area contributed by atoms with Crippen LogP contribution in [-0.4, -0.2) is 62.3 Å². The van der Waals surface area contributed by atoms with Gasteiger partial charge in [0.2, 0.25) is 0 Å². The van der Waals surface area contributed by atoms with E-state index in [1.165, 1.54) is 5.56 Å². The Labute approximate surface area is 142 Å². The van der Waals surface area contributed by atoms with Gasteiger partial charge in [-0.15, -0.1) is 0 Å². The van der Waals surface area contributed by atoms with E-state index in [2.05, 4.69) is 49.8 Å². The van der Waals surface area contributed by atoms with Gasteiger partial charge in [-0.25, -0.2) is 0 Å². The van der Waals surface area contributed by atoms with Crippen LogP contribution in [0.25, 0.3) is 10.9 Å². The van der Waals surface area contributed by atoms with Gasteiger partial charge in [0.25, 0.3) is 0 Å². The van der Waals surface area contributed by atoms with Crippen molar-refractivity contribution in [1.82, 2.24) is 20.5 Å². The molecule has 0 atom stereocenters.